The average Bonchev–Trinajstić information content (AvgIpc) is 2.47. The van der Waals surface area contributed by atoms with E-state index in [1.54, 1.807) is 12.1 Å². The van der Waals surface area contributed by atoms with Crippen molar-refractivity contribution in [2.45, 2.75) is 32.2 Å². The van der Waals surface area contributed by atoms with Gasteiger partial charge in [-0.25, -0.2) is 0 Å². The molecule has 5 heteroatoms. The summed E-state index contributed by atoms with van der Waals surface area (Å²) >= 11 is 12.0. The molecule has 1 amide bonds. The number of amides is 1. The summed E-state index contributed by atoms with van der Waals surface area (Å²) in [6, 6.07) is 5.41. The highest BCUT2D eigenvalue weighted by atomic mass is 35.5. The summed E-state index contributed by atoms with van der Waals surface area (Å²) in [5, 5.41) is 4.62. The van der Waals surface area contributed by atoms with E-state index < -0.39 is 0 Å². The molecule has 1 aliphatic heterocycles. The van der Waals surface area contributed by atoms with Crippen molar-refractivity contribution >= 4 is 29.1 Å². The fourth-order valence-corrected chi connectivity index (χ4v) is 2.78. The number of nitrogens with one attached hydrogen (secondary N) is 1. The molecule has 0 atom stereocenters. The van der Waals surface area contributed by atoms with Gasteiger partial charge in [0.05, 0.1) is 0 Å². The van der Waals surface area contributed by atoms with Gasteiger partial charge in [0.25, 0.3) is 0 Å². The Kier molecular flexibility index (Phi) is 6.14. The Morgan fingerprint density at radius 1 is 1.20 bits per heavy atom. The topological polar surface area (TPSA) is 32.3 Å². The lowest BCUT2D eigenvalue weighted by molar-refractivity contribution is -0.131. The van der Waals surface area contributed by atoms with Crippen molar-refractivity contribution in [2.24, 2.45) is 0 Å². The second kappa shape index (κ2) is 7.87. The number of hydrogen-bond donors (Lipinski definition) is 1. The number of carbonyl (C=O) groups excluding carboxylic acids is 1. The number of nitrogens with zero attached hydrogens (tertiary/aromatic N) is 1. The van der Waals surface area contributed by atoms with Crippen molar-refractivity contribution in [2.75, 3.05) is 19.6 Å². The van der Waals surface area contributed by atoms with Gasteiger partial charge in [0.2, 0.25) is 5.91 Å². The highest BCUT2D eigenvalue weighted by Crippen LogP contribution is 2.20. The minimum atomic E-state index is 0.245. The first-order valence-electron chi connectivity index (χ1n) is 7.09. The van der Waals surface area contributed by atoms with E-state index in [9.17, 15) is 4.79 Å². The summed E-state index contributed by atoms with van der Waals surface area (Å²) in [4.78, 5) is 13.9. The highest BCUT2D eigenvalue weighted by molar-refractivity contribution is 6.33. The predicted octanol–water partition coefficient (Wildman–Crippen LogP) is 3.49. The van der Waals surface area contributed by atoms with Gasteiger partial charge < -0.3 is 10.2 Å². The van der Waals surface area contributed by atoms with Gasteiger partial charge in [-0.15, -0.1) is 0 Å². The third-order valence-corrected chi connectivity index (χ3v) is 4.15. The van der Waals surface area contributed by atoms with Crippen LogP contribution in [0.4, 0.5) is 0 Å². The van der Waals surface area contributed by atoms with Gasteiger partial charge in [0, 0.05) is 42.6 Å². The van der Waals surface area contributed by atoms with Gasteiger partial charge in [-0.05, 0) is 43.0 Å². The summed E-state index contributed by atoms with van der Waals surface area (Å²) < 4.78 is 0. The number of carbonyl (C=O) groups is 1. The van der Waals surface area contributed by atoms with E-state index in [1.165, 1.54) is 6.42 Å². The Labute approximate surface area is 130 Å². The zero-order valence-electron chi connectivity index (χ0n) is 11.5. The van der Waals surface area contributed by atoms with Crippen LogP contribution in [0.3, 0.4) is 0 Å². The van der Waals surface area contributed by atoms with Gasteiger partial charge >= 0.3 is 0 Å². The van der Waals surface area contributed by atoms with Crippen molar-refractivity contribution in [3.8, 4) is 0 Å². The molecule has 2 rings (SSSR count). The molecule has 0 bridgehead atoms. The smallest absolute Gasteiger partial charge is 0.223 e. The third kappa shape index (κ3) is 4.65. The predicted molar refractivity (Wildman–Crippen MR) is 83.2 cm³/mol. The van der Waals surface area contributed by atoms with Crippen molar-refractivity contribution < 1.29 is 4.79 Å². The van der Waals surface area contributed by atoms with Gasteiger partial charge in [-0.1, -0.05) is 23.2 Å². The standard InChI is InChI=1S/C15H20Cl2N2O/c16-13-4-5-14(17)12(10-13)11-18-7-6-15(20)19-8-2-1-3-9-19/h4-5,10,18H,1-3,6-9,11H2. The number of rotatable bonds is 5. The van der Waals surface area contributed by atoms with Crippen molar-refractivity contribution in [3.63, 3.8) is 0 Å². The van der Waals surface area contributed by atoms with Gasteiger partial charge in [0.15, 0.2) is 0 Å². The Hall–Kier alpha value is -0.770. The molecule has 110 valence electrons. The number of halogens is 2. The van der Waals surface area contributed by atoms with Crippen LogP contribution in [-0.2, 0) is 11.3 Å². The lowest BCUT2D eigenvalue weighted by Crippen LogP contribution is -2.37. The van der Waals surface area contributed by atoms with E-state index in [0.29, 0.717) is 29.6 Å². The molecule has 0 unspecified atom stereocenters. The van der Waals surface area contributed by atoms with Crippen molar-refractivity contribution in [1.29, 1.82) is 0 Å². The lowest BCUT2D eigenvalue weighted by atomic mass is 10.1. The molecule has 0 aromatic heterocycles. The zero-order chi connectivity index (χ0) is 14.4. The lowest BCUT2D eigenvalue weighted by Gasteiger charge is -2.26. The number of benzene rings is 1. The fraction of sp³-hybridized carbons (Fsp3) is 0.533. The van der Waals surface area contributed by atoms with Crippen LogP contribution in [0.2, 0.25) is 10.0 Å². The van der Waals surface area contributed by atoms with E-state index >= 15 is 0 Å². The van der Waals surface area contributed by atoms with Crippen LogP contribution in [0.5, 0.6) is 0 Å². The highest BCUT2D eigenvalue weighted by Gasteiger charge is 2.15. The first kappa shape index (κ1) is 15.6. The fourth-order valence-electron chi connectivity index (χ4n) is 2.40. The molecule has 1 aliphatic rings. The first-order valence-corrected chi connectivity index (χ1v) is 7.85. The molecule has 20 heavy (non-hydrogen) atoms. The summed E-state index contributed by atoms with van der Waals surface area (Å²) in [5.41, 5.74) is 0.963. The maximum Gasteiger partial charge on any atom is 0.223 e. The summed E-state index contributed by atoms with van der Waals surface area (Å²) in [7, 11) is 0. The Bertz CT molecular complexity index is 459. The van der Waals surface area contributed by atoms with Crippen LogP contribution >= 0.6 is 23.2 Å². The van der Waals surface area contributed by atoms with Gasteiger partial charge in [0.1, 0.15) is 0 Å². The quantitative estimate of drug-likeness (QED) is 0.844. The maximum absolute atomic E-state index is 12.0. The van der Waals surface area contributed by atoms with Crippen LogP contribution < -0.4 is 5.32 Å². The summed E-state index contributed by atoms with van der Waals surface area (Å²) in [5.74, 6) is 0.245. The molecule has 1 saturated heterocycles. The number of likely N-dealkylation sites (tertiary alicyclic amines) is 1. The summed E-state index contributed by atoms with van der Waals surface area (Å²) in [6.45, 7) is 3.13. The molecular formula is C15H20Cl2N2O. The molecule has 1 heterocycles. The largest absolute Gasteiger partial charge is 0.343 e. The second-order valence-corrected chi connectivity index (χ2v) is 5.95. The molecule has 1 aromatic rings. The van der Waals surface area contributed by atoms with E-state index in [0.717, 1.165) is 31.5 Å². The van der Waals surface area contributed by atoms with Gasteiger partial charge in [-0.3, -0.25) is 4.79 Å². The zero-order valence-corrected chi connectivity index (χ0v) is 13.0. The monoisotopic (exact) mass is 314 g/mol. The number of hydrogen-bond acceptors (Lipinski definition) is 2. The van der Waals surface area contributed by atoms with E-state index in [2.05, 4.69) is 5.32 Å². The molecule has 0 aliphatic carbocycles. The summed E-state index contributed by atoms with van der Waals surface area (Å²) in [6.07, 6.45) is 4.06. The molecule has 1 fully saturated rings. The molecule has 0 spiro atoms. The maximum atomic E-state index is 12.0. The van der Waals surface area contributed by atoms with Crippen LogP contribution in [0.25, 0.3) is 0 Å². The second-order valence-electron chi connectivity index (χ2n) is 5.10. The minimum absolute atomic E-state index is 0.245. The van der Waals surface area contributed by atoms with Crippen LogP contribution in [-0.4, -0.2) is 30.4 Å². The van der Waals surface area contributed by atoms with E-state index in [4.69, 9.17) is 23.2 Å². The molecule has 3 nitrogen and oxygen atoms in total. The van der Waals surface area contributed by atoms with Crippen molar-refractivity contribution in [1.82, 2.24) is 10.2 Å². The normalized spacial score (nSPS) is 15.4. The van der Waals surface area contributed by atoms with E-state index in [1.807, 2.05) is 11.0 Å². The molecule has 1 aromatic carbocycles. The molecular weight excluding hydrogens is 295 g/mol. The van der Waals surface area contributed by atoms with Crippen molar-refractivity contribution in [3.05, 3.63) is 33.8 Å². The molecule has 1 N–H and O–H groups in total. The average molecular weight is 315 g/mol. The van der Waals surface area contributed by atoms with Crippen LogP contribution in [0.15, 0.2) is 18.2 Å². The molecule has 0 saturated carbocycles. The number of piperidine rings is 1. The third-order valence-electron chi connectivity index (χ3n) is 3.55. The Morgan fingerprint density at radius 2 is 1.95 bits per heavy atom. The van der Waals surface area contributed by atoms with Crippen LogP contribution in [0, 0.1) is 0 Å². The Morgan fingerprint density at radius 3 is 2.70 bits per heavy atom. The minimum Gasteiger partial charge on any atom is -0.343 e. The molecule has 0 radical (unpaired) electrons. The first-order chi connectivity index (χ1) is 9.66. The van der Waals surface area contributed by atoms with E-state index in [-0.39, 0.29) is 5.91 Å². The van der Waals surface area contributed by atoms with Crippen LogP contribution in [0.1, 0.15) is 31.2 Å². The Balaban J connectivity index is 1.70. The SMILES string of the molecule is O=C(CCNCc1cc(Cl)ccc1Cl)N1CCCCC1. The van der Waals surface area contributed by atoms with Gasteiger partial charge in [-0.2, -0.15) is 0 Å².